The summed E-state index contributed by atoms with van der Waals surface area (Å²) in [5, 5.41) is 3.60. The Labute approximate surface area is 124 Å². The molecule has 0 aromatic heterocycles. The lowest BCUT2D eigenvalue weighted by Crippen LogP contribution is -2.50. The number of carbonyl (C=O) groups is 1. The van der Waals surface area contributed by atoms with Gasteiger partial charge in [-0.3, -0.25) is 10.1 Å². The van der Waals surface area contributed by atoms with Crippen molar-refractivity contribution in [1.29, 1.82) is 0 Å². The van der Waals surface area contributed by atoms with E-state index in [-0.39, 0.29) is 11.7 Å². The Kier molecular flexibility index (Phi) is 4.78. The summed E-state index contributed by atoms with van der Waals surface area (Å²) in [5.74, 6) is 1.67. The van der Waals surface area contributed by atoms with Gasteiger partial charge in [-0.2, -0.15) is 0 Å². The molecule has 3 nitrogen and oxygen atoms in total. The Balaban J connectivity index is 2.26. The van der Waals surface area contributed by atoms with Crippen molar-refractivity contribution in [2.24, 2.45) is 11.8 Å². The fraction of sp³-hybridized carbons (Fsp3) is 0.941. The fourth-order valence-corrected chi connectivity index (χ4v) is 4.12. The molecule has 116 valence electrons. The van der Waals surface area contributed by atoms with Crippen molar-refractivity contribution in [2.75, 3.05) is 0 Å². The molecule has 4 unspecified atom stereocenters. The third-order valence-corrected chi connectivity index (χ3v) is 5.62. The zero-order chi connectivity index (χ0) is 14.9. The third-order valence-electron chi connectivity index (χ3n) is 5.62. The maximum absolute atomic E-state index is 13.0. The number of hydrogen-bond donors (Lipinski definition) is 1. The molecule has 1 aliphatic carbocycles. The molecule has 1 aliphatic heterocycles. The van der Waals surface area contributed by atoms with Gasteiger partial charge in [0.2, 0.25) is 5.91 Å². The van der Waals surface area contributed by atoms with Crippen LogP contribution in [0, 0.1) is 11.8 Å². The van der Waals surface area contributed by atoms with Crippen LogP contribution in [-0.2, 0) is 4.79 Å². The highest BCUT2D eigenvalue weighted by atomic mass is 16.2. The van der Waals surface area contributed by atoms with Gasteiger partial charge in [-0.25, -0.2) is 0 Å². The second-order valence-electron chi connectivity index (χ2n) is 7.23. The SMILES string of the molecule is CCC1NC(C)(CC)C(=O)N1C1CCCCC1C(C)C. The van der Waals surface area contributed by atoms with Gasteiger partial charge in [0.25, 0.3) is 0 Å². The summed E-state index contributed by atoms with van der Waals surface area (Å²) in [6, 6.07) is 0.446. The first-order chi connectivity index (χ1) is 9.44. The monoisotopic (exact) mass is 280 g/mol. The van der Waals surface area contributed by atoms with Crippen molar-refractivity contribution in [3.05, 3.63) is 0 Å². The predicted molar refractivity (Wildman–Crippen MR) is 83.3 cm³/mol. The Morgan fingerprint density at radius 1 is 1.30 bits per heavy atom. The van der Waals surface area contributed by atoms with Crippen molar-refractivity contribution < 1.29 is 4.79 Å². The third kappa shape index (κ3) is 2.61. The van der Waals surface area contributed by atoms with Crippen LogP contribution in [-0.4, -0.2) is 28.6 Å². The molecule has 0 aromatic carbocycles. The minimum absolute atomic E-state index is 0.233. The van der Waals surface area contributed by atoms with Crippen LogP contribution in [0.4, 0.5) is 0 Å². The fourth-order valence-electron chi connectivity index (χ4n) is 4.12. The molecule has 20 heavy (non-hydrogen) atoms. The summed E-state index contributed by atoms with van der Waals surface area (Å²) in [7, 11) is 0. The molecule has 0 bridgehead atoms. The van der Waals surface area contributed by atoms with E-state index in [1.54, 1.807) is 0 Å². The van der Waals surface area contributed by atoms with Gasteiger partial charge in [0.1, 0.15) is 0 Å². The second-order valence-corrected chi connectivity index (χ2v) is 7.23. The van der Waals surface area contributed by atoms with Crippen molar-refractivity contribution in [3.8, 4) is 0 Å². The van der Waals surface area contributed by atoms with Crippen LogP contribution in [0.15, 0.2) is 0 Å². The molecule has 4 atom stereocenters. The molecular formula is C17H32N2O. The lowest BCUT2D eigenvalue weighted by molar-refractivity contribution is -0.137. The van der Waals surface area contributed by atoms with Gasteiger partial charge >= 0.3 is 0 Å². The van der Waals surface area contributed by atoms with Gasteiger partial charge in [0, 0.05) is 6.04 Å². The van der Waals surface area contributed by atoms with Crippen molar-refractivity contribution in [3.63, 3.8) is 0 Å². The molecule has 2 aliphatic rings. The predicted octanol–water partition coefficient (Wildman–Crippen LogP) is 3.54. The topological polar surface area (TPSA) is 32.3 Å². The Morgan fingerprint density at radius 3 is 2.50 bits per heavy atom. The summed E-state index contributed by atoms with van der Waals surface area (Å²) in [6.45, 7) is 11.0. The molecule has 1 N–H and O–H groups in total. The van der Waals surface area contributed by atoms with E-state index < -0.39 is 0 Å². The van der Waals surface area contributed by atoms with E-state index >= 15 is 0 Å². The van der Waals surface area contributed by atoms with Gasteiger partial charge < -0.3 is 4.90 Å². The summed E-state index contributed by atoms with van der Waals surface area (Å²) >= 11 is 0. The van der Waals surface area contributed by atoms with Gasteiger partial charge in [-0.1, -0.05) is 40.5 Å². The average molecular weight is 280 g/mol. The lowest BCUT2D eigenvalue weighted by Gasteiger charge is -2.42. The molecule has 1 heterocycles. The minimum Gasteiger partial charge on any atom is -0.322 e. The summed E-state index contributed by atoms with van der Waals surface area (Å²) in [5.41, 5.74) is -0.348. The quantitative estimate of drug-likeness (QED) is 0.854. The number of rotatable bonds is 4. The van der Waals surface area contributed by atoms with Crippen LogP contribution >= 0.6 is 0 Å². The van der Waals surface area contributed by atoms with Gasteiger partial charge in [0.05, 0.1) is 11.7 Å². The Bertz CT molecular complexity index is 355. The molecule has 2 rings (SSSR count). The summed E-state index contributed by atoms with van der Waals surface area (Å²) in [4.78, 5) is 15.2. The molecule has 0 radical (unpaired) electrons. The van der Waals surface area contributed by atoms with Crippen molar-refractivity contribution in [1.82, 2.24) is 10.2 Å². The highest BCUT2D eigenvalue weighted by Gasteiger charge is 2.50. The molecule has 1 saturated carbocycles. The number of carbonyl (C=O) groups excluding carboxylic acids is 1. The van der Waals surface area contributed by atoms with Gasteiger partial charge in [0.15, 0.2) is 0 Å². The van der Waals surface area contributed by atoms with Crippen molar-refractivity contribution in [2.45, 2.75) is 90.9 Å². The van der Waals surface area contributed by atoms with Gasteiger partial charge in [-0.05, 0) is 44.4 Å². The van der Waals surface area contributed by atoms with Gasteiger partial charge in [-0.15, -0.1) is 0 Å². The Hall–Kier alpha value is -0.570. The number of nitrogens with one attached hydrogen (secondary N) is 1. The zero-order valence-electron chi connectivity index (χ0n) is 13.9. The molecule has 2 fully saturated rings. The van der Waals surface area contributed by atoms with E-state index in [0.717, 1.165) is 12.8 Å². The van der Waals surface area contributed by atoms with Crippen LogP contribution in [0.5, 0.6) is 0 Å². The second kappa shape index (κ2) is 6.05. The van der Waals surface area contributed by atoms with E-state index in [4.69, 9.17) is 0 Å². The lowest BCUT2D eigenvalue weighted by atomic mass is 9.76. The summed E-state index contributed by atoms with van der Waals surface area (Å²) in [6.07, 6.45) is 7.18. The van der Waals surface area contributed by atoms with Crippen LogP contribution < -0.4 is 5.32 Å². The van der Waals surface area contributed by atoms with E-state index in [1.165, 1.54) is 25.7 Å². The number of nitrogens with zero attached hydrogens (tertiary/aromatic N) is 1. The van der Waals surface area contributed by atoms with E-state index in [2.05, 4.69) is 44.8 Å². The maximum atomic E-state index is 13.0. The van der Waals surface area contributed by atoms with Crippen LogP contribution in [0.2, 0.25) is 0 Å². The highest BCUT2D eigenvalue weighted by Crippen LogP contribution is 2.38. The smallest absolute Gasteiger partial charge is 0.244 e. The largest absolute Gasteiger partial charge is 0.322 e. The number of hydrogen-bond acceptors (Lipinski definition) is 2. The molecule has 1 amide bonds. The van der Waals surface area contributed by atoms with E-state index in [1.807, 2.05) is 0 Å². The minimum atomic E-state index is -0.348. The molecule has 3 heteroatoms. The Morgan fingerprint density at radius 2 is 1.95 bits per heavy atom. The van der Waals surface area contributed by atoms with E-state index in [9.17, 15) is 4.79 Å². The molecular weight excluding hydrogens is 248 g/mol. The standard InChI is InChI=1S/C17H32N2O/c1-6-15-18-17(5,7-2)16(20)19(15)14-11-9-8-10-13(14)12(3)4/h12-15,18H,6-11H2,1-5H3. The first kappa shape index (κ1) is 15.8. The highest BCUT2D eigenvalue weighted by molar-refractivity contribution is 5.88. The zero-order valence-corrected chi connectivity index (χ0v) is 13.9. The van der Waals surface area contributed by atoms with Crippen molar-refractivity contribution >= 4 is 5.91 Å². The normalized spacial score (nSPS) is 38.8. The molecule has 0 aromatic rings. The summed E-state index contributed by atoms with van der Waals surface area (Å²) < 4.78 is 0. The molecule has 1 saturated heterocycles. The van der Waals surface area contributed by atoms with Crippen LogP contribution in [0.3, 0.4) is 0 Å². The van der Waals surface area contributed by atoms with E-state index in [0.29, 0.717) is 23.8 Å². The first-order valence-electron chi connectivity index (χ1n) is 8.55. The number of amides is 1. The van der Waals surface area contributed by atoms with Crippen LogP contribution in [0.1, 0.15) is 73.1 Å². The maximum Gasteiger partial charge on any atom is 0.244 e. The first-order valence-corrected chi connectivity index (χ1v) is 8.55. The average Bonchev–Trinajstić information content (AvgIpc) is 2.71. The van der Waals surface area contributed by atoms with Crippen LogP contribution in [0.25, 0.3) is 0 Å². The molecule has 0 spiro atoms.